The molecule has 0 aromatic heterocycles. The van der Waals surface area contributed by atoms with Crippen molar-refractivity contribution < 1.29 is 9.47 Å². The number of nitrogens with one attached hydrogen (secondary N) is 1. The molecular weight excluding hydrogens is 238 g/mol. The van der Waals surface area contributed by atoms with Crippen LogP contribution >= 0.6 is 0 Å². The smallest absolute Gasteiger partial charge is 0.148 e. The predicted octanol–water partition coefficient (Wildman–Crippen LogP) is 2.60. The highest BCUT2D eigenvalue weighted by Gasteiger charge is 2.01. The first-order chi connectivity index (χ1) is 9.38. The van der Waals surface area contributed by atoms with Crippen LogP contribution in [-0.4, -0.2) is 26.4 Å². The molecule has 0 atom stereocenters. The van der Waals surface area contributed by atoms with E-state index in [0.29, 0.717) is 6.61 Å². The van der Waals surface area contributed by atoms with Gasteiger partial charge in [0.15, 0.2) is 0 Å². The van der Waals surface area contributed by atoms with E-state index in [1.165, 1.54) is 0 Å². The number of rotatable bonds is 10. The molecule has 0 saturated carbocycles. The van der Waals surface area contributed by atoms with Crippen molar-refractivity contribution in [2.75, 3.05) is 26.4 Å². The van der Waals surface area contributed by atoms with Gasteiger partial charge in [-0.15, -0.1) is 6.42 Å². The van der Waals surface area contributed by atoms with Gasteiger partial charge in [-0.1, -0.05) is 31.0 Å². The summed E-state index contributed by atoms with van der Waals surface area (Å²) in [5.41, 5.74) is 1.13. The molecule has 0 aliphatic carbocycles. The van der Waals surface area contributed by atoms with E-state index in [0.717, 1.165) is 50.5 Å². The van der Waals surface area contributed by atoms with Crippen molar-refractivity contribution in [2.24, 2.45) is 0 Å². The SMILES string of the molecule is C#CCOc1ccccc1CNCCCOCCC. The maximum atomic E-state index is 5.50. The van der Waals surface area contributed by atoms with Gasteiger partial charge in [-0.2, -0.15) is 0 Å². The molecule has 3 nitrogen and oxygen atoms in total. The molecule has 0 amide bonds. The fraction of sp³-hybridized carbons (Fsp3) is 0.500. The normalized spacial score (nSPS) is 10.1. The number of para-hydroxylation sites is 1. The Morgan fingerprint density at radius 1 is 1.26 bits per heavy atom. The molecular formula is C16H23NO2. The molecule has 0 bridgehead atoms. The minimum atomic E-state index is 0.307. The fourth-order valence-corrected chi connectivity index (χ4v) is 1.68. The van der Waals surface area contributed by atoms with Crippen LogP contribution in [0.25, 0.3) is 0 Å². The molecule has 3 heteroatoms. The molecule has 1 aromatic carbocycles. The zero-order valence-electron chi connectivity index (χ0n) is 11.7. The van der Waals surface area contributed by atoms with Crippen LogP contribution in [0.2, 0.25) is 0 Å². The van der Waals surface area contributed by atoms with Gasteiger partial charge in [0.05, 0.1) is 0 Å². The lowest BCUT2D eigenvalue weighted by Crippen LogP contribution is -2.17. The Balaban J connectivity index is 2.23. The molecule has 0 fully saturated rings. The van der Waals surface area contributed by atoms with Gasteiger partial charge in [0.1, 0.15) is 12.4 Å². The van der Waals surface area contributed by atoms with Crippen molar-refractivity contribution in [3.8, 4) is 18.1 Å². The predicted molar refractivity (Wildman–Crippen MR) is 78.2 cm³/mol. The monoisotopic (exact) mass is 261 g/mol. The minimum absolute atomic E-state index is 0.307. The summed E-state index contributed by atoms with van der Waals surface area (Å²) in [6, 6.07) is 7.95. The second-order valence-corrected chi connectivity index (χ2v) is 4.24. The van der Waals surface area contributed by atoms with E-state index >= 15 is 0 Å². The van der Waals surface area contributed by atoms with Crippen molar-refractivity contribution in [1.29, 1.82) is 0 Å². The topological polar surface area (TPSA) is 30.5 Å². The van der Waals surface area contributed by atoms with Crippen LogP contribution in [0.5, 0.6) is 5.75 Å². The van der Waals surface area contributed by atoms with Crippen LogP contribution in [0.3, 0.4) is 0 Å². The Hall–Kier alpha value is -1.50. The van der Waals surface area contributed by atoms with Gasteiger partial charge in [-0.3, -0.25) is 0 Å². The number of benzene rings is 1. The van der Waals surface area contributed by atoms with E-state index in [1.807, 2.05) is 24.3 Å². The number of hydrogen-bond donors (Lipinski definition) is 1. The average molecular weight is 261 g/mol. The molecule has 0 heterocycles. The summed E-state index contributed by atoms with van der Waals surface area (Å²) in [5.74, 6) is 3.34. The summed E-state index contributed by atoms with van der Waals surface area (Å²) in [6.07, 6.45) is 7.30. The molecule has 0 saturated heterocycles. The second-order valence-electron chi connectivity index (χ2n) is 4.24. The standard InChI is InChI=1S/C16H23NO2/c1-3-11-18-13-7-10-17-14-15-8-5-6-9-16(15)19-12-4-2/h2,5-6,8-9,17H,3,7,10-14H2,1H3. The Kier molecular flexibility index (Phi) is 8.54. The van der Waals surface area contributed by atoms with Crippen LogP contribution in [0, 0.1) is 12.3 Å². The van der Waals surface area contributed by atoms with Crippen molar-refractivity contribution >= 4 is 0 Å². The van der Waals surface area contributed by atoms with Crippen LogP contribution in [0.1, 0.15) is 25.3 Å². The maximum Gasteiger partial charge on any atom is 0.148 e. The number of hydrogen-bond acceptors (Lipinski definition) is 3. The molecule has 0 aliphatic heterocycles. The van der Waals surface area contributed by atoms with Crippen molar-refractivity contribution in [1.82, 2.24) is 5.32 Å². The minimum Gasteiger partial charge on any atom is -0.481 e. The summed E-state index contributed by atoms with van der Waals surface area (Å²) < 4.78 is 10.9. The van der Waals surface area contributed by atoms with Gasteiger partial charge >= 0.3 is 0 Å². The molecule has 0 aliphatic rings. The highest BCUT2D eigenvalue weighted by atomic mass is 16.5. The molecule has 0 radical (unpaired) electrons. The molecule has 1 rings (SSSR count). The van der Waals surface area contributed by atoms with Gasteiger partial charge in [0.2, 0.25) is 0 Å². The molecule has 19 heavy (non-hydrogen) atoms. The Morgan fingerprint density at radius 2 is 2.11 bits per heavy atom. The quantitative estimate of drug-likeness (QED) is 0.519. The van der Waals surface area contributed by atoms with E-state index in [9.17, 15) is 0 Å². The first-order valence-corrected chi connectivity index (χ1v) is 6.81. The van der Waals surface area contributed by atoms with E-state index in [4.69, 9.17) is 15.9 Å². The zero-order chi connectivity index (χ0) is 13.8. The van der Waals surface area contributed by atoms with Crippen molar-refractivity contribution in [3.05, 3.63) is 29.8 Å². The molecule has 104 valence electrons. The lowest BCUT2D eigenvalue weighted by Gasteiger charge is -2.10. The van der Waals surface area contributed by atoms with Gasteiger partial charge in [-0.05, 0) is 25.5 Å². The van der Waals surface area contributed by atoms with Crippen LogP contribution in [0.4, 0.5) is 0 Å². The molecule has 0 spiro atoms. The molecule has 1 N–H and O–H groups in total. The third-order valence-corrected chi connectivity index (χ3v) is 2.59. The molecule has 0 unspecified atom stereocenters. The highest BCUT2D eigenvalue weighted by molar-refractivity contribution is 5.33. The van der Waals surface area contributed by atoms with Crippen LogP contribution in [0.15, 0.2) is 24.3 Å². The van der Waals surface area contributed by atoms with E-state index < -0.39 is 0 Å². The highest BCUT2D eigenvalue weighted by Crippen LogP contribution is 2.17. The molecule has 1 aromatic rings. The lowest BCUT2D eigenvalue weighted by molar-refractivity contribution is 0.132. The third kappa shape index (κ3) is 6.85. The Bertz CT molecular complexity index is 385. The zero-order valence-corrected chi connectivity index (χ0v) is 11.7. The summed E-state index contributed by atoms with van der Waals surface area (Å²) in [7, 11) is 0. The van der Waals surface area contributed by atoms with E-state index in [-0.39, 0.29) is 0 Å². The lowest BCUT2D eigenvalue weighted by atomic mass is 10.2. The van der Waals surface area contributed by atoms with Gasteiger partial charge in [0, 0.05) is 25.3 Å². The van der Waals surface area contributed by atoms with E-state index in [2.05, 4.69) is 18.2 Å². The first-order valence-electron chi connectivity index (χ1n) is 6.81. The average Bonchev–Trinajstić information content (AvgIpc) is 2.45. The first kappa shape index (κ1) is 15.6. The van der Waals surface area contributed by atoms with Gasteiger partial charge < -0.3 is 14.8 Å². The fourth-order valence-electron chi connectivity index (χ4n) is 1.68. The number of terminal acetylenes is 1. The Labute approximate surface area is 116 Å². The summed E-state index contributed by atoms with van der Waals surface area (Å²) in [4.78, 5) is 0. The Morgan fingerprint density at radius 3 is 2.89 bits per heavy atom. The second kappa shape index (κ2) is 10.4. The summed E-state index contributed by atoms with van der Waals surface area (Å²) in [5, 5.41) is 3.38. The van der Waals surface area contributed by atoms with Gasteiger partial charge in [-0.25, -0.2) is 0 Å². The summed E-state index contributed by atoms with van der Waals surface area (Å²) in [6.45, 7) is 5.81. The van der Waals surface area contributed by atoms with E-state index in [1.54, 1.807) is 0 Å². The van der Waals surface area contributed by atoms with Crippen molar-refractivity contribution in [3.63, 3.8) is 0 Å². The van der Waals surface area contributed by atoms with Crippen LogP contribution in [-0.2, 0) is 11.3 Å². The largest absolute Gasteiger partial charge is 0.481 e. The third-order valence-electron chi connectivity index (χ3n) is 2.59. The summed E-state index contributed by atoms with van der Waals surface area (Å²) >= 11 is 0. The van der Waals surface area contributed by atoms with Gasteiger partial charge in [0.25, 0.3) is 0 Å². The number of ether oxygens (including phenoxy) is 2. The maximum absolute atomic E-state index is 5.50. The van der Waals surface area contributed by atoms with Crippen LogP contribution < -0.4 is 10.1 Å². The van der Waals surface area contributed by atoms with Crippen molar-refractivity contribution in [2.45, 2.75) is 26.3 Å².